The number of hydrogen-bond donors (Lipinski definition) is 1. The Bertz CT molecular complexity index is 650. The second kappa shape index (κ2) is 5.30. The highest BCUT2D eigenvalue weighted by Crippen LogP contribution is 2.35. The van der Waals surface area contributed by atoms with Crippen molar-refractivity contribution in [2.75, 3.05) is 5.75 Å². The number of benzene rings is 1. The van der Waals surface area contributed by atoms with Crippen molar-refractivity contribution in [2.24, 2.45) is 0 Å². The molecule has 1 aliphatic rings. The third kappa shape index (κ3) is 2.52. The molecule has 0 amide bonds. The largest absolute Gasteiger partial charge is 0.480 e. The summed E-state index contributed by atoms with van der Waals surface area (Å²) in [4.78, 5) is 10.3. The first-order valence-electron chi connectivity index (χ1n) is 5.58. The van der Waals surface area contributed by atoms with Gasteiger partial charge in [0, 0.05) is 5.75 Å². The molecule has 0 aliphatic carbocycles. The van der Waals surface area contributed by atoms with Crippen molar-refractivity contribution < 1.29 is 27.1 Å². The minimum absolute atomic E-state index is 0.0622. The highest BCUT2D eigenvalue weighted by Gasteiger charge is 2.45. The van der Waals surface area contributed by atoms with E-state index < -0.39 is 43.9 Å². The molecule has 110 valence electrons. The molecule has 2 atom stereocenters. The van der Waals surface area contributed by atoms with Gasteiger partial charge in [0.25, 0.3) is 0 Å². The summed E-state index contributed by atoms with van der Waals surface area (Å²) in [5.74, 6) is -3.27. The molecule has 1 heterocycles. The number of sulfonamides is 1. The lowest BCUT2D eigenvalue weighted by atomic mass is 10.3. The van der Waals surface area contributed by atoms with E-state index in [2.05, 4.69) is 0 Å². The predicted molar refractivity (Wildman–Crippen MR) is 68.7 cm³/mol. The number of thioether (sulfide) groups is 1. The van der Waals surface area contributed by atoms with Crippen LogP contribution in [0.3, 0.4) is 0 Å². The van der Waals surface area contributed by atoms with E-state index in [1.54, 1.807) is 0 Å². The van der Waals surface area contributed by atoms with Crippen LogP contribution in [0.4, 0.5) is 8.78 Å². The molecule has 2 rings (SSSR count). The van der Waals surface area contributed by atoms with Crippen molar-refractivity contribution >= 4 is 27.8 Å². The lowest BCUT2D eigenvalue weighted by molar-refractivity contribution is -0.140. The second-order valence-corrected chi connectivity index (χ2v) is 7.36. The second-order valence-electron chi connectivity index (χ2n) is 4.20. The van der Waals surface area contributed by atoms with Gasteiger partial charge in [-0.1, -0.05) is 0 Å². The van der Waals surface area contributed by atoms with Crippen LogP contribution in [0.25, 0.3) is 0 Å². The number of carboxylic acid groups (broad SMARTS) is 1. The van der Waals surface area contributed by atoms with Crippen molar-refractivity contribution in [2.45, 2.75) is 23.2 Å². The fraction of sp³-hybridized carbons (Fsp3) is 0.364. The molecular formula is C11H11F2NO4S2. The average Bonchev–Trinajstić information content (AvgIpc) is 2.75. The Labute approximate surface area is 118 Å². The molecule has 2 unspecified atom stereocenters. The molecule has 1 aliphatic heterocycles. The Kier molecular flexibility index (Phi) is 4.03. The van der Waals surface area contributed by atoms with Crippen LogP contribution in [0, 0.1) is 11.6 Å². The van der Waals surface area contributed by atoms with Gasteiger partial charge in [0.05, 0.1) is 5.37 Å². The highest BCUT2D eigenvalue weighted by atomic mass is 32.2. The van der Waals surface area contributed by atoms with Gasteiger partial charge < -0.3 is 5.11 Å². The zero-order chi connectivity index (χ0) is 15.1. The van der Waals surface area contributed by atoms with Crippen LogP contribution in [0.15, 0.2) is 23.1 Å². The SMILES string of the molecule is CC1SCC(C(=O)O)N1S(=O)(=O)c1cc(F)ccc1F. The molecule has 0 radical (unpaired) electrons. The van der Waals surface area contributed by atoms with Gasteiger partial charge in [-0.05, 0) is 25.1 Å². The Balaban J connectivity index is 2.53. The number of hydrogen-bond acceptors (Lipinski definition) is 4. The van der Waals surface area contributed by atoms with Crippen molar-refractivity contribution in [3.05, 3.63) is 29.8 Å². The van der Waals surface area contributed by atoms with Gasteiger partial charge in [0.1, 0.15) is 22.6 Å². The summed E-state index contributed by atoms with van der Waals surface area (Å²) < 4.78 is 52.3. The Morgan fingerprint density at radius 1 is 1.45 bits per heavy atom. The predicted octanol–water partition coefficient (Wildman–Crippen LogP) is 1.50. The normalized spacial score (nSPS) is 23.9. The van der Waals surface area contributed by atoms with Crippen LogP contribution in [0.5, 0.6) is 0 Å². The zero-order valence-electron chi connectivity index (χ0n) is 10.3. The zero-order valence-corrected chi connectivity index (χ0v) is 11.9. The highest BCUT2D eigenvalue weighted by molar-refractivity contribution is 8.01. The number of carboxylic acids is 1. The van der Waals surface area contributed by atoms with E-state index in [-0.39, 0.29) is 5.75 Å². The number of carbonyl (C=O) groups is 1. The molecule has 20 heavy (non-hydrogen) atoms. The van der Waals surface area contributed by atoms with E-state index in [1.165, 1.54) is 6.92 Å². The molecule has 1 N–H and O–H groups in total. The number of nitrogens with zero attached hydrogens (tertiary/aromatic N) is 1. The summed E-state index contributed by atoms with van der Waals surface area (Å²) in [6.07, 6.45) is 0. The summed E-state index contributed by atoms with van der Waals surface area (Å²) in [5, 5.41) is 8.39. The van der Waals surface area contributed by atoms with Crippen molar-refractivity contribution in [1.29, 1.82) is 0 Å². The maximum Gasteiger partial charge on any atom is 0.322 e. The van der Waals surface area contributed by atoms with Gasteiger partial charge in [-0.3, -0.25) is 4.79 Å². The van der Waals surface area contributed by atoms with Gasteiger partial charge >= 0.3 is 5.97 Å². The van der Waals surface area contributed by atoms with Gasteiger partial charge in [0.15, 0.2) is 0 Å². The van der Waals surface area contributed by atoms with Crippen LogP contribution in [-0.2, 0) is 14.8 Å². The molecule has 9 heteroatoms. The third-order valence-electron chi connectivity index (χ3n) is 2.89. The van der Waals surface area contributed by atoms with Crippen molar-refractivity contribution in [3.8, 4) is 0 Å². The van der Waals surface area contributed by atoms with Crippen molar-refractivity contribution in [1.82, 2.24) is 4.31 Å². The third-order valence-corrected chi connectivity index (χ3v) is 6.24. The first-order valence-corrected chi connectivity index (χ1v) is 8.07. The molecule has 1 saturated heterocycles. The maximum atomic E-state index is 13.6. The number of halogens is 2. The minimum atomic E-state index is -4.42. The first-order chi connectivity index (χ1) is 9.25. The smallest absolute Gasteiger partial charge is 0.322 e. The van der Waals surface area contributed by atoms with E-state index >= 15 is 0 Å². The van der Waals surface area contributed by atoms with Crippen LogP contribution in [0.1, 0.15) is 6.92 Å². The fourth-order valence-corrected chi connectivity index (χ4v) is 5.33. The van der Waals surface area contributed by atoms with Gasteiger partial charge in [-0.25, -0.2) is 17.2 Å². The minimum Gasteiger partial charge on any atom is -0.480 e. The Morgan fingerprint density at radius 3 is 2.70 bits per heavy atom. The molecule has 0 spiro atoms. The topological polar surface area (TPSA) is 74.7 Å². The number of rotatable bonds is 3. The number of aliphatic carboxylic acids is 1. The monoisotopic (exact) mass is 323 g/mol. The molecule has 1 aromatic rings. The van der Waals surface area contributed by atoms with E-state index in [4.69, 9.17) is 5.11 Å². The maximum absolute atomic E-state index is 13.6. The summed E-state index contributed by atoms with van der Waals surface area (Å²) in [6.45, 7) is 1.50. The Morgan fingerprint density at radius 2 is 2.10 bits per heavy atom. The summed E-state index contributed by atoms with van der Waals surface area (Å²) in [6, 6.07) is 0.763. The van der Waals surface area contributed by atoms with Gasteiger partial charge in [-0.2, -0.15) is 4.31 Å². The summed E-state index contributed by atoms with van der Waals surface area (Å²) in [7, 11) is -4.42. The van der Waals surface area contributed by atoms with Gasteiger partial charge in [0.2, 0.25) is 10.0 Å². The van der Waals surface area contributed by atoms with Crippen LogP contribution < -0.4 is 0 Å². The quantitative estimate of drug-likeness (QED) is 0.912. The molecule has 0 bridgehead atoms. The van der Waals surface area contributed by atoms with E-state index in [0.29, 0.717) is 16.4 Å². The molecule has 5 nitrogen and oxygen atoms in total. The van der Waals surface area contributed by atoms with Gasteiger partial charge in [-0.15, -0.1) is 11.8 Å². The standard InChI is InChI=1S/C11H11F2NO4S2/c1-6-14(9(5-19-6)11(15)16)20(17,18)10-4-7(12)2-3-8(10)13/h2-4,6,9H,5H2,1H3,(H,15,16). The molecule has 1 fully saturated rings. The Hall–Kier alpha value is -1.19. The molecule has 0 saturated carbocycles. The lowest BCUT2D eigenvalue weighted by Gasteiger charge is -2.24. The van der Waals surface area contributed by atoms with Crippen LogP contribution in [0.2, 0.25) is 0 Å². The fourth-order valence-electron chi connectivity index (χ4n) is 1.96. The summed E-state index contributed by atoms with van der Waals surface area (Å²) >= 11 is 1.12. The summed E-state index contributed by atoms with van der Waals surface area (Å²) in [5.41, 5.74) is 0. The van der Waals surface area contributed by atoms with E-state index in [9.17, 15) is 22.0 Å². The molecule has 0 aromatic heterocycles. The average molecular weight is 323 g/mol. The van der Waals surface area contributed by atoms with E-state index in [0.717, 1.165) is 17.8 Å². The first kappa shape index (κ1) is 15.2. The molecular weight excluding hydrogens is 312 g/mol. The van der Waals surface area contributed by atoms with E-state index in [1.807, 2.05) is 0 Å². The van der Waals surface area contributed by atoms with Crippen LogP contribution >= 0.6 is 11.8 Å². The van der Waals surface area contributed by atoms with Crippen molar-refractivity contribution in [3.63, 3.8) is 0 Å². The van der Waals surface area contributed by atoms with Crippen LogP contribution in [-0.4, -0.2) is 41.0 Å². The lowest BCUT2D eigenvalue weighted by Crippen LogP contribution is -2.44. The molecule has 1 aromatic carbocycles.